The summed E-state index contributed by atoms with van der Waals surface area (Å²) in [6, 6.07) is 0. The molecule has 5 nitrogen and oxygen atoms in total. The van der Waals surface area contributed by atoms with Crippen LogP contribution in [0.1, 0.15) is 33.6 Å². The maximum absolute atomic E-state index is 11.7. The molecule has 1 heterocycles. The molecule has 0 radical (unpaired) electrons. The van der Waals surface area contributed by atoms with E-state index in [1.807, 2.05) is 20.8 Å². The summed E-state index contributed by atoms with van der Waals surface area (Å²) in [5.74, 6) is 0.311. The second-order valence-electron chi connectivity index (χ2n) is 5.51. The number of piperidine rings is 1. The summed E-state index contributed by atoms with van der Waals surface area (Å²) in [7, 11) is 0. The van der Waals surface area contributed by atoms with Gasteiger partial charge in [-0.3, -0.25) is 4.79 Å². The highest BCUT2D eigenvalue weighted by Gasteiger charge is 2.25. The Balaban J connectivity index is 2.20. The van der Waals surface area contributed by atoms with Crippen molar-refractivity contribution in [2.45, 2.75) is 45.8 Å². The van der Waals surface area contributed by atoms with Crippen LogP contribution in [0.25, 0.3) is 0 Å². The van der Waals surface area contributed by atoms with Crippen LogP contribution in [0.5, 0.6) is 0 Å². The van der Waals surface area contributed by atoms with Crippen molar-refractivity contribution in [2.75, 3.05) is 32.8 Å². The molecule has 5 heteroatoms. The normalized spacial score (nSPS) is 19.6. The van der Waals surface area contributed by atoms with Gasteiger partial charge >= 0.3 is 0 Å². The van der Waals surface area contributed by atoms with E-state index in [1.165, 1.54) is 0 Å². The average molecular weight is 272 g/mol. The molecule has 0 aromatic carbocycles. The molecule has 1 aliphatic rings. The summed E-state index contributed by atoms with van der Waals surface area (Å²) in [5.41, 5.74) is 0. The van der Waals surface area contributed by atoms with E-state index in [0.717, 1.165) is 25.9 Å². The van der Waals surface area contributed by atoms with Gasteiger partial charge in [0.15, 0.2) is 0 Å². The maximum Gasteiger partial charge on any atom is 0.223 e. The number of rotatable bonds is 7. The van der Waals surface area contributed by atoms with Crippen LogP contribution in [0.2, 0.25) is 0 Å². The number of aliphatic hydroxyl groups excluding tert-OH is 1. The minimum absolute atomic E-state index is 0.139. The molecule has 0 aromatic heterocycles. The van der Waals surface area contributed by atoms with Gasteiger partial charge in [0.2, 0.25) is 5.91 Å². The van der Waals surface area contributed by atoms with Crippen LogP contribution in [-0.4, -0.2) is 60.9 Å². The fourth-order valence-corrected chi connectivity index (χ4v) is 2.35. The van der Waals surface area contributed by atoms with Crippen LogP contribution in [0, 0.1) is 5.92 Å². The van der Waals surface area contributed by atoms with Gasteiger partial charge in [-0.1, -0.05) is 0 Å². The number of aliphatic hydroxyl groups is 1. The predicted octanol–water partition coefficient (Wildman–Crippen LogP) is 0.620. The zero-order valence-corrected chi connectivity index (χ0v) is 12.4. The Morgan fingerprint density at radius 1 is 1.42 bits per heavy atom. The van der Waals surface area contributed by atoms with E-state index >= 15 is 0 Å². The Bertz CT molecular complexity index is 263. The SMILES string of the molecule is CCNC(=O)C1CCN(CC(O)COC(C)C)CC1. The van der Waals surface area contributed by atoms with Gasteiger partial charge in [0.05, 0.1) is 18.8 Å². The number of carbonyl (C=O) groups excluding carboxylic acids is 1. The number of hydrogen-bond donors (Lipinski definition) is 2. The fourth-order valence-electron chi connectivity index (χ4n) is 2.35. The topological polar surface area (TPSA) is 61.8 Å². The number of hydrogen-bond acceptors (Lipinski definition) is 4. The van der Waals surface area contributed by atoms with Crippen molar-refractivity contribution in [2.24, 2.45) is 5.92 Å². The summed E-state index contributed by atoms with van der Waals surface area (Å²) in [6.45, 7) is 9.33. The van der Waals surface area contributed by atoms with E-state index in [2.05, 4.69) is 10.2 Å². The number of carbonyl (C=O) groups is 1. The molecule has 1 aliphatic heterocycles. The molecule has 1 amide bonds. The van der Waals surface area contributed by atoms with E-state index in [1.54, 1.807) is 0 Å². The fraction of sp³-hybridized carbons (Fsp3) is 0.929. The summed E-state index contributed by atoms with van der Waals surface area (Å²) in [5, 5.41) is 12.7. The third kappa shape index (κ3) is 6.36. The average Bonchev–Trinajstić information content (AvgIpc) is 2.37. The number of β-amino-alcohol motifs (C(OH)–C–C–N with tert-alkyl or cyclic N) is 1. The van der Waals surface area contributed by atoms with E-state index < -0.39 is 6.10 Å². The first-order valence-corrected chi connectivity index (χ1v) is 7.32. The molecule has 112 valence electrons. The molecular formula is C14H28N2O3. The first-order chi connectivity index (χ1) is 9.02. The molecule has 0 aliphatic carbocycles. The summed E-state index contributed by atoms with van der Waals surface area (Å²) < 4.78 is 5.40. The first-order valence-electron chi connectivity index (χ1n) is 7.32. The Morgan fingerprint density at radius 2 is 2.05 bits per heavy atom. The van der Waals surface area contributed by atoms with E-state index in [-0.39, 0.29) is 17.9 Å². The van der Waals surface area contributed by atoms with Gasteiger partial charge in [0.25, 0.3) is 0 Å². The largest absolute Gasteiger partial charge is 0.389 e. The van der Waals surface area contributed by atoms with Crippen molar-refractivity contribution >= 4 is 5.91 Å². The van der Waals surface area contributed by atoms with Crippen LogP contribution in [0.15, 0.2) is 0 Å². The molecule has 2 N–H and O–H groups in total. The van der Waals surface area contributed by atoms with Gasteiger partial charge in [-0.25, -0.2) is 0 Å². The second kappa shape index (κ2) is 8.51. The van der Waals surface area contributed by atoms with Crippen molar-refractivity contribution in [3.8, 4) is 0 Å². The van der Waals surface area contributed by atoms with Crippen LogP contribution < -0.4 is 5.32 Å². The highest BCUT2D eigenvalue weighted by molar-refractivity contribution is 5.78. The molecule has 1 fully saturated rings. The summed E-state index contributed by atoms with van der Waals surface area (Å²) in [4.78, 5) is 13.9. The number of nitrogens with zero attached hydrogens (tertiary/aromatic N) is 1. The van der Waals surface area contributed by atoms with Gasteiger partial charge in [-0.2, -0.15) is 0 Å². The lowest BCUT2D eigenvalue weighted by atomic mass is 9.96. The van der Waals surface area contributed by atoms with E-state index in [4.69, 9.17) is 4.74 Å². The summed E-state index contributed by atoms with van der Waals surface area (Å²) >= 11 is 0. The van der Waals surface area contributed by atoms with Crippen molar-refractivity contribution in [3.05, 3.63) is 0 Å². The smallest absolute Gasteiger partial charge is 0.223 e. The zero-order chi connectivity index (χ0) is 14.3. The third-order valence-electron chi connectivity index (χ3n) is 3.40. The lowest BCUT2D eigenvalue weighted by molar-refractivity contribution is -0.126. The Morgan fingerprint density at radius 3 is 2.58 bits per heavy atom. The molecule has 0 bridgehead atoms. The van der Waals surface area contributed by atoms with E-state index in [9.17, 15) is 9.90 Å². The predicted molar refractivity (Wildman–Crippen MR) is 74.9 cm³/mol. The van der Waals surface area contributed by atoms with Crippen molar-refractivity contribution in [1.82, 2.24) is 10.2 Å². The lowest BCUT2D eigenvalue weighted by Crippen LogP contribution is -2.43. The Hall–Kier alpha value is -0.650. The minimum atomic E-state index is -0.441. The zero-order valence-electron chi connectivity index (χ0n) is 12.4. The van der Waals surface area contributed by atoms with E-state index in [0.29, 0.717) is 19.7 Å². The highest BCUT2D eigenvalue weighted by atomic mass is 16.5. The van der Waals surface area contributed by atoms with Crippen LogP contribution in [0.4, 0.5) is 0 Å². The van der Waals surface area contributed by atoms with Crippen LogP contribution in [0.3, 0.4) is 0 Å². The lowest BCUT2D eigenvalue weighted by Gasteiger charge is -2.32. The molecule has 1 unspecified atom stereocenters. The van der Waals surface area contributed by atoms with Gasteiger partial charge in [-0.15, -0.1) is 0 Å². The van der Waals surface area contributed by atoms with Gasteiger partial charge < -0.3 is 20.1 Å². The monoisotopic (exact) mass is 272 g/mol. The molecule has 0 saturated carbocycles. The Labute approximate surface area is 116 Å². The van der Waals surface area contributed by atoms with Crippen LogP contribution in [-0.2, 0) is 9.53 Å². The number of amides is 1. The van der Waals surface area contributed by atoms with Crippen molar-refractivity contribution < 1.29 is 14.6 Å². The van der Waals surface area contributed by atoms with Gasteiger partial charge in [0.1, 0.15) is 0 Å². The number of nitrogens with one attached hydrogen (secondary N) is 1. The van der Waals surface area contributed by atoms with Gasteiger partial charge in [0, 0.05) is 19.0 Å². The standard InChI is InChI=1S/C14H28N2O3/c1-4-15-14(18)12-5-7-16(8-6-12)9-13(17)10-19-11(2)3/h11-13,17H,4-10H2,1-3H3,(H,15,18). The quantitative estimate of drug-likeness (QED) is 0.713. The number of likely N-dealkylation sites (tertiary alicyclic amines) is 1. The van der Waals surface area contributed by atoms with Crippen molar-refractivity contribution in [1.29, 1.82) is 0 Å². The molecule has 0 spiro atoms. The third-order valence-corrected chi connectivity index (χ3v) is 3.40. The summed E-state index contributed by atoms with van der Waals surface area (Å²) in [6.07, 6.45) is 1.47. The number of ether oxygens (including phenoxy) is 1. The maximum atomic E-state index is 11.7. The van der Waals surface area contributed by atoms with Crippen molar-refractivity contribution in [3.63, 3.8) is 0 Å². The minimum Gasteiger partial charge on any atom is -0.389 e. The molecular weight excluding hydrogens is 244 g/mol. The Kier molecular flexibility index (Phi) is 7.34. The van der Waals surface area contributed by atoms with Crippen LogP contribution >= 0.6 is 0 Å². The first kappa shape index (κ1) is 16.4. The molecule has 1 rings (SSSR count). The molecule has 0 aromatic rings. The highest BCUT2D eigenvalue weighted by Crippen LogP contribution is 2.17. The van der Waals surface area contributed by atoms with Gasteiger partial charge in [-0.05, 0) is 46.7 Å². The second-order valence-corrected chi connectivity index (χ2v) is 5.51. The molecule has 1 saturated heterocycles. The molecule has 19 heavy (non-hydrogen) atoms. The molecule has 1 atom stereocenters.